The lowest BCUT2D eigenvalue weighted by Crippen LogP contribution is -2.27. The van der Waals surface area contributed by atoms with E-state index in [1.165, 1.54) is 24.7 Å². The third-order valence-corrected chi connectivity index (χ3v) is 4.25. The molecule has 0 saturated carbocycles. The largest absolute Gasteiger partial charge is 0.395 e. The lowest BCUT2D eigenvalue weighted by Gasteiger charge is -2.07. The molecule has 0 aliphatic heterocycles. The second-order valence-electron chi connectivity index (χ2n) is 4.54. The molecule has 0 fully saturated rings. The van der Waals surface area contributed by atoms with E-state index in [0.717, 1.165) is 0 Å². The van der Waals surface area contributed by atoms with Gasteiger partial charge in [-0.2, -0.15) is 0 Å². The van der Waals surface area contributed by atoms with Gasteiger partial charge in [-0.3, -0.25) is 9.78 Å². The Bertz CT molecular complexity index is 748. The molecule has 8 nitrogen and oxygen atoms in total. The molecule has 122 valence electrons. The summed E-state index contributed by atoms with van der Waals surface area (Å²) in [5.41, 5.74) is 1.15. The Kier molecular flexibility index (Phi) is 5.74. The first-order valence-electron chi connectivity index (χ1n) is 6.76. The highest BCUT2D eigenvalue weighted by atomic mass is 32.2. The molecule has 1 amide bonds. The summed E-state index contributed by atoms with van der Waals surface area (Å²) in [4.78, 5) is 19.6. The smallest absolute Gasteiger partial charge is 0.258 e. The van der Waals surface area contributed by atoms with E-state index in [1.54, 1.807) is 18.2 Å². The molecule has 0 aromatic carbocycles. The van der Waals surface area contributed by atoms with Gasteiger partial charge < -0.3 is 10.4 Å². The number of rotatable bonds is 7. The Morgan fingerprint density at radius 2 is 1.91 bits per heavy atom. The SMILES string of the molecule is O=C(NCc1ccc(S(=O)(=O)NCCO)nc1)c1ccncc1. The van der Waals surface area contributed by atoms with Crippen molar-refractivity contribution in [2.24, 2.45) is 0 Å². The van der Waals surface area contributed by atoms with Crippen molar-refractivity contribution in [2.75, 3.05) is 13.2 Å². The van der Waals surface area contributed by atoms with Gasteiger partial charge in [0.05, 0.1) is 6.61 Å². The van der Waals surface area contributed by atoms with Crippen molar-refractivity contribution >= 4 is 15.9 Å². The van der Waals surface area contributed by atoms with Crippen LogP contribution in [0.2, 0.25) is 0 Å². The topological polar surface area (TPSA) is 121 Å². The quantitative estimate of drug-likeness (QED) is 0.637. The number of aromatic nitrogens is 2. The molecule has 0 radical (unpaired) electrons. The predicted octanol–water partition coefficient (Wildman–Crippen LogP) is -0.323. The van der Waals surface area contributed by atoms with Crippen LogP contribution in [0.15, 0.2) is 47.9 Å². The lowest BCUT2D eigenvalue weighted by molar-refractivity contribution is 0.0950. The summed E-state index contributed by atoms with van der Waals surface area (Å²) in [7, 11) is -3.73. The molecular weight excluding hydrogens is 320 g/mol. The number of sulfonamides is 1. The molecule has 23 heavy (non-hydrogen) atoms. The fourth-order valence-corrected chi connectivity index (χ4v) is 2.66. The summed E-state index contributed by atoms with van der Waals surface area (Å²) in [5.74, 6) is -0.256. The van der Waals surface area contributed by atoms with E-state index in [-0.39, 0.29) is 30.6 Å². The number of carbonyl (C=O) groups excluding carboxylic acids is 1. The first-order valence-corrected chi connectivity index (χ1v) is 8.25. The Labute approximate surface area is 133 Å². The van der Waals surface area contributed by atoms with E-state index in [0.29, 0.717) is 11.1 Å². The Balaban J connectivity index is 1.97. The van der Waals surface area contributed by atoms with Crippen LogP contribution in [0, 0.1) is 0 Å². The summed E-state index contributed by atoms with van der Waals surface area (Å²) in [6.07, 6.45) is 4.42. The maximum absolute atomic E-state index is 11.9. The number of aliphatic hydroxyl groups excluding tert-OH is 1. The van der Waals surface area contributed by atoms with Crippen LogP contribution in [0.1, 0.15) is 15.9 Å². The van der Waals surface area contributed by atoms with Gasteiger partial charge in [0, 0.05) is 37.2 Å². The molecule has 0 aliphatic rings. The molecule has 2 aromatic rings. The molecule has 0 atom stereocenters. The van der Waals surface area contributed by atoms with Crippen LogP contribution >= 0.6 is 0 Å². The van der Waals surface area contributed by atoms with Gasteiger partial charge in [-0.1, -0.05) is 6.07 Å². The number of amides is 1. The minimum atomic E-state index is -3.73. The highest BCUT2D eigenvalue weighted by Crippen LogP contribution is 2.06. The van der Waals surface area contributed by atoms with Gasteiger partial charge >= 0.3 is 0 Å². The van der Waals surface area contributed by atoms with Crippen LogP contribution < -0.4 is 10.0 Å². The first kappa shape index (κ1) is 17.0. The molecule has 2 heterocycles. The molecule has 0 bridgehead atoms. The summed E-state index contributed by atoms with van der Waals surface area (Å²) in [6, 6.07) is 6.09. The maximum Gasteiger partial charge on any atom is 0.258 e. The van der Waals surface area contributed by atoms with Crippen LogP contribution in [-0.2, 0) is 16.6 Å². The number of hydrogen-bond acceptors (Lipinski definition) is 6. The molecule has 0 saturated heterocycles. The van der Waals surface area contributed by atoms with Crippen molar-refractivity contribution < 1.29 is 18.3 Å². The third-order valence-electron chi connectivity index (χ3n) is 2.87. The third kappa shape index (κ3) is 4.81. The normalized spacial score (nSPS) is 11.2. The fourth-order valence-electron chi connectivity index (χ4n) is 1.72. The molecule has 9 heteroatoms. The average molecular weight is 336 g/mol. The van der Waals surface area contributed by atoms with Gasteiger partial charge in [0.25, 0.3) is 15.9 Å². The zero-order valence-corrected chi connectivity index (χ0v) is 13.0. The zero-order valence-electron chi connectivity index (χ0n) is 12.1. The fraction of sp³-hybridized carbons (Fsp3) is 0.214. The van der Waals surface area contributed by atoms with Gasteiger partial charge in [0.2, 0.25) is 0 Å². The summed E-state index contributed by atoms with van der Waals surface area (Å²) in [5, 5.41) is 11.2. The van der Waals surface area contributed by atoms with E-state index in [1.807, 2.05) is 0 Å². The Hall–Kier alpha value is -2.36. The lowest BCUT2D eigenvalue weighted by atomic mass is 10.2. The second kappa shape index (κ2) is 7.77. The van der Waals surface area contributed by atoms with E-state index in [9.17, 15) is 13.2 Å². The molecule has 2 rings (SSSR count). The molecule has 2 aromatic heterocycles. The summed E-state index contributed by atoms with van der Waals surface area (Å²) in [6.45, 7) is -0.148. The van der Waals surface area contributed by atoms with Crippen molar-refractivity contribution in [2.45, 2.75) is 11.6 Å². The number of hydrogen-bond donors (Lipinski definition) is 3. The summed E-state index contributed by atoms with van der Waals surface area (Å²) < 4.78 is 25.8. The predicted molar refractivity (Wildman–Crippen MR) is 81.9 cm³/mol. The molecule has 0 unspecified atom stereocenters. The van der Waals surface area contributed by atoms with Crippen LogP contribution in [-0.4, -0.2) is 42.6 Å². The summed E-state index contributed by atoms with van der Waals surface area (Å²) >= 11 is 0. The van der Waals surface area contributed by atoms with E-state index < -0.39 is 10.0 Å². The number of nitrogens with zero attached hydrogens (tertiary/aromatic N) is 2. The van der Waals surface area contributed by atoms with Crippen molar-refractivity contribution in [3.05, 3.63) is 54.0 Å². The monoisotopic (exact) mass is 336 g/mol. The van der Waals surface area contributed by atoms with Crippen LogP contribution in [0.4, 0.5) is 0 Å². The standard InChI is InChI=1S/C14H16N4O4S/c19-8-7-18-23(21,22)13-2-1-11(9-16-13)10-17-14(20)12-3-5-15-6-4-12/h1-6,9,18-19H,7-8,10H2,(H,17,20). The Morgan fingerprint density at radius 3 is 2.52 bits per heavy atom. The maximum atomic E-state index is 11.9. The minimum absolute atomic E-state index is 0.0756. The van der Waals surface area contributed by atoms with Gasteiger partial charge in [0.15, 0.2) is 5.03 Å². The molecule has 0 spiro atoms. The first-order chi connectivity index (χ1) is 11.0. The van der Waals surface area contributed by atoms with E-state index in [2.05, 4.69) is 20.0 Å². The van der Waals surface area contributed by atoms with E-state index in [4.69, 9.17) is 5.11 Å². The van der Waals surface area contributed by atoms with Crippen molar-refractivity contribution in [1.82, 2.24) is 20.0 Å². The zero-order chi connectivity index (χ0) is 16.7. The highest BCUT2D eigenvalue weighted by molar-refractivity contribution is 7.89. The molecule has 0 aliphatic carbocycles. The van der Waals surface area contributed by atoms with Gasteiger partial charge in [-0.15, -0.1) is 0 Å². The molecule has 3 N–H and O–H groups in total. The van der Waals surface area contributed by atoms with Crippen LogP contribution in [0.25, 0.3) is 0 Å². The van der Waals surface area contributed by atoms with Crippen molar-refractivity contribution in [1.29, 1.82) is 0 Å². The van der Waals surface area contributed by atoms with Gasteiger partial charge in [-0.05, 0) is 23.8 Å². The number of carbonyl (C=O) groups is 1. The van der Waals surface area contributed by atoms with E-state index >= 15 is 0 Å². The Morgan fingerprint density at radius 1 is 1.17 bits per heavy atom. The minimum Gasteiger partial charge on any atom is -0.395 e. The van der Waals surface area contributed by atoms with Gasteiger partial charge in [-0.25, -0.2) is 18.1 Å². The van der Waals surface area contributed by atoms with Crippen LogP contribution in [0.5, 0.6) is 0 Å². The van der Waals surface area contributed by atoms with Crippen molar-refractivity contribution in [3.8, 4) is 0 Å². The molecular formula is C14H16N4O4S. The second-order valence-corrected chi connectivity index (χ2v) is 6.26. The number of pyridine rings is 2. The van der Waals surface area contributed by atoms with Gasteiger partial charge in [0.1, 0.15) is 0 Å². The van der Waals surface area contributed by atoms with Crippen molar-refractivity contribution in [3.63, 3.8) is 0 Å². The highest BCUT2D eigenvalue weighted by Gasteiger charge is 2.14. The number of nitrogens with one attached hydrogen (secondary N) is 2. The van der Waals surface area contributed by atoms with Crippen LogP contribution in [0.3, 0.4) is 0 Å². The number of aliphatic hydroxyl groups is 1. The average Bonchev–Trinajstić information content (AvgIpc) is 2.59.